The van der Waals surface area contributed by atoms with E-state index >= 15 is 0 Å². The first-order valence-electron chi connectivity index (χ1n) is 9.12. The van der Waals surface area contributed by atoms with Gasteiger partial charge in [-0.15, -0.1) is 0 Å². The van der Waals surface area contributed by atoms with Crippen LogP contribution in [0.2, 0.25) is 0 Å². The average molecular weight is 330 g/mol. The fraction of sp³-hybridized carbons (Fsp3) is 0.789. The maximum Gasteiger partial charge on any atom is 0.315 e. The Morgan fingerprint density at radius 3 is 2.79 bits per heavy atom. The molecule has 5 nitrogen and oxygen atoms in total. The van der Waals surface area contributed by atoms with Gasteiger partial charge < -0.3 is 14.9 Å². The van der Waals surface area contributed by atoms with E-state index in [1.165, 1.54) is 5.57 Å². The van der Waals surface area contributed by atoms with E-state index in [0.29, 0.717) is 18.8 Å². The summed E-state index contributed by atoms with van der Waals surface area (Å²) in [5.74, 6) is -1.57. The SMILES string of the molecule is C=C1C2CCC34C1C3(C2)C(C(=O)O)C1C2(C)C(=O)OC14CCC2O. The lowest BCUT2D eigenvalue weighted by Crippen LogP contribution is -2.56. The number of fused-ring (bicyclic) bond motifs is 1. The summed E-state index contributed by atoms with van der Waals surface area (Å²) in [6.45, 7) is 6.05. The fourth-order valence-corrected chi connectivity index (χ4v) is 8.87. The first-order chi connectivity index (χ1) is 11.3. The average Bonchev–Trinajstić information content (AvgIpc) is 2.90. The van der Waals surface area contributed by atoms with E-state index < -0.39 is 34.9 Å². The third-order valence-electron chi connectivity index (χ3n) is 9.38. The Hall–Kier alpha value is -1.36. The number of hydrogen-bond donors (Lipinski definition) is 2. The first-order valence-corrected chi connectivity index (χ1v) is 9.12. The van der Waals surface area contributed by atoms with Crippen LogP contribution >= 0.6 is 0 Å². The molecule has 24 heavy (non-hydrogen) atoms. The number of aliphatic carboxylic acids is 1. The van der Waals surface area contributed by atoms with Gasteiger partial charge >= 0.3 is 11.9 Å². The van der Waals surface area contributed by atoms with Crippen LogP contribution in [-0.4, -0.2) is 33.9 Å². The summed E-state index contributed by atoms with van der Waals surface area (Å²) in [5.41, 5.74) is -1.08. The number of aliphatic hydroxyl groups excluding tert-OH is 1. The van der Waals surface area contributed by atoms with Gasteiger partial charge in [-0.3, -0.25) is 9.59 Å². The van der Waals surface area contributed by atoms with Gasteiger partial charge in [-0.25, -0.2) is 0 Å². The van der Waals surface area contributed by atoms with Crippen LogP contribution in [0.1, 0.15) is 39.0 Å². The maximum absolute atomic E-state index is 12.8. The number of carbonyl (C=O) groups is 2. The zero-order valence-corrected chi connectivity index (χ0v) is 13.7. The Morgan fingerprint density at radius 1 is 1.33 bits per heavy atom. The minimum Gasteiger partial charge on any atom is -0.481 e. The van der Waals surface area contributed by atoms with E-state index in [2.05, 4.69) is 6.58 Å². The zero-order chi connectivity index (χ0) is 16.9. The second kappa shape index (κ2) is 3.33. The molecule has 2 spiro atoms. The number of ether oxygens (including phenoxy) is 1. The molecular weight excluding hydrogens is 308 g/mol. The van der Waals surface area contributed by atoms with Crippen molar-refractivity contribution >= 4 is 11.9 Å². The van der Waals surface area contributed by atoms with Gasteiger partial charge in [-0.2, -0.15) is 0 Å². The van der Waals surface area contributed by atoms with Crippen LogP contribution in [0, 0.1) is 39.9 Å². The van der Waals surface area contributed by atoms with E-state index in [1.54, 1.807) is 6.92 Å². The Kier molecular flexibility index (Phi) is 1.92. The van der Waals surface area contributed by atoms with Gasteiger partial charge in [0.15, 0.2) is 0 Å². The Bertz CT molecular complexity index is 759. The number of esters is 1. The van der Waals surface area contributed by atoms with Crippen molar-refractivity contribution in [2.24, 2.45) is 39.9 Å². The third kappa shape index (κ3) is 0.889. The minimum atomic E-state index is -1.08. The quantitative estimate of drug-likeness (QED) is 0.565. The van der Waals surface area contributed by atoms with Crippen molar-refractivity contribution in [3.05, 3.63) is 12.2 Å². The zero-order valence-electron chi connectivity index (χ0n) is 13.7. The second-order valence-corrected chi connectivity index (χ2v) is 9.37. The predicted molar refractivity (Wildman–Crippen MR) is 81.6 cm³/mol. The van der Waals surface area contributed by atoms with Crippen LogP contribution in [0.5, 0.6) is 0 Å². The molecule has 0 aromatic heterocycles. The monoisotopic (exact) mass is 330 g/mol. The summed E-state index contributed by atoms with van der Waals surface area (Å²) in [7, 11) is 0. The normalized spacial score (nSPS) is 64.5. The number of carbonyl (C=O) groups excluding carboxylic acids is 1. The van der Waals surface area contributed by atoms with Gasteiger partial charge in [-0.1, -0.05) is 12.2 Å². The highest BCUT2D eigenvalue weighted by Gasteiger charge is 3.01. The number of carboxylic acids is 1. The second-order valence-electron chi connectivity index (χ2n) is 9.37. The highest BCUT2D eigenvalue weighted by atomic mass is 16.6. The molecule has 2 N–H and O–H groups in total. The molecular formula is C19H22O5. The summed E-state index contributed by atoms with van der Waals surface area (Å²) >= 11 is 0. The molecule has 7 fully saturated rings. The van der Waals surface area contributed by atoms with Crippen LogP contribution < -0.4 is 0 Å². The molecule has 0 radical (unpaired) electrons. The van der Waals surface area contributed by atoms with E-state index in [1.807, 2.05) is 0 Å². The van der Waals surface area contributed by atoms with Crippen molar-refractivity contribution in [2.75, 3.05) is 0 Å². The summed E-state index contributed by atoms with van der Waals surface area (Å²) in [4.78, 5) is 25.2. The largest absolute Gasteiger partial charge is 0.481 e. The van der Waals surface area contributed by atoms with E-state index in [9.17, 15) is 19.8 Å². The Morgan fingerprint density at radius 2 is 2.08 bits per heavy atom. The van der Waals surface area contributed by atoms with Gasteiger partial charge in [0.25, 0.3) is 0 Å². The molecule has 9 unspecified atom stereocenters. The first kappa shape index (κ1) is 13.9. The molecule has 128 valence electrons. The third-order valence-corrected chi connectivity index (χ3v) is 9.38. The molecule has 6 aliphatic carbocycles. The summed E-state index contributed by atoms with van der Waals surface area (Å²) in [5, 5.41) is 20.8. The van der Waals surface area contributed by atoms with Crippen LogP contribution in [0.15, 0.2) is 12.2 Å². The topological polar surface area (TPSA) is 83.8 Å². The molecule has 1 aliphatic heterocycles. The molecule has 6 bridgehead atoms. The Balaban J connectivity index is 1.66. The molecule has 7 aliphatic rings. The molecule has 6 saturated carbocycles. The van der Waals surface area contributed by atoms with Gasteiger partial charge in [0.2, 0.25) is 0 Å². The van der Waals surface area contributed by atoms with Gasteiger partial charge in [0.1, 0.15) is 5.60 Å². The van der Waals surface area contributed by atoms with Crippen LogP contribution in [0.25, 0.3) is 0 Å². The van der Waals surface area contributed by atoms with Crippen molar-refractivity contribution < 1.29 is 24.5 Å². The van der Waals surface area contributed by atoms with Crippen molar-refractivity contribution in [1.82, 2.24) is 0 Å². The number of hydrogen-bond acceptors (Lipinski definition) is 4. The summed E-state index contributed by atoms with van der Waals surface area (Å²) < 4.78 is 6.10. The smallest absolute Gasteiger partial charge is 0.315 e. The molecule has 7 rings (SSSR count). The lowest BCUT2D eigenvalue weighted by atomic mass is 9.54. The minimum absolute atomic E-state index is 0.200. The summed E-state index contributed by atoms with van der Waals surface area (Å²) in [6.07, 6.45) is 3.18. The number of carboxylic acid groups (broad SMARTS) is 1. The maximum atomic E-state index is 12.8. The molecule has 0 aromatic rings. The molecule has 9 atom stereocenters. The lowest BCUT2D eigenvalue weighted by molar-refractivity contribution is -0.161. The van der Waals surface area contributed by atoms with E-state index in [-0.39, 0.29) is 22.7 Å². The number of aliphatic hydroxyl groups is 1. The molecule has 1 heterocycles. The van der Waals surface area contributed by atoms with Crippen LogP contribution in [0.4, 0.5) is 0 Å². The number of allylic oxidation sites excluding steroid dienone is 1. The van der Waals surface area contributed by atoms with E-state index in [0.717, 1.165) is 19.3 Å². The van der Waals surface area contributed by atoms with Crippen molar-refractivity contribution in [3.63, 3.8) is 0 Å². The van der Waals surface area contributed by atoms with Crippen LogP contribution in [0.3, 0.4) is 0 Å². The fourth-order valence-electron chi connectivity index (χ4n) is 8.87. The van der Waals surface area contributed by atoms with E-state index in [4.69, 9.17) is 4.74 Å². The summed E-state index contributed by atoms with van der Waals surface area (Å²) in [6, 6.07) is 0. The molecule has 1 saturated heterocycles. The van der Waals surface area contributed by atoms with Gasteiger partial charge in [0, 0.05) is 16.7 Å². The lowest BCUT2D eigenvalue weighted by Gasteiger charge is -2.48. The highest BCUT2D eigenvalue weighted by molar-refractivity contribution is 5.87. The Labute approximate surface area is 140 Å². The number of rotatable bonds is 1. The molecule has 0 amide bonds. The van der Waals surface area contributed by atoms with Gasteiger partial charge in [-0.05, 0) is 50.9 Å². The standard InChI is InChI=1S/C19H22O5/c1-8-9-3-5-18-12(8)17(18,7-9)11(14(21)22)13-16(2)10(20)4-6-19(13,18)24-15(16)23/h9-13,20H,1,3-7H2,2H3,(H,21,22). The highest BCUT2D eigenvalue weighted by Crippen LogP contribution is 2.98. The predicted octanol–water partition coefficient (Wildman–Crippen LogP) is 1.75. The molecule has 5 heteroatoms. The van der Waals surface area contributed by atoms with Crippen LogP contribution in [-0.2, 0) is 14.3 Å². The van der Waals surface area contributed by atoms with Crippen molar-refractivity contribution in [2.45, 2.75) is 50.7 Å². The van der Waals surface area contributed by atoms with Crippen molar-refractivity contribution in [3.8, 4) is 0 Å². The molecule has 0 aromatic carbocycles. The van der Waals surface area contributed by atoms with Gasteiger partial charge in [0.05, 0.1) is 17.4 Å². The van der Waals surface area contributed by atoms with Crippen molar-refractivity contribution in [1.29, 1.82) is 0 Å².